The Morgan fingerprint density at radius 1 is 0.893 bits per heavy atom. The number of aliphatic hydroxyl groups excluding tert-OH is 1. The molecule has 6 saturated carbocycles. The van der Waals surface area contributed by atoms with Crippen molar-refractivity contribution >= 4 is 29.5 Å². The zero-order valence-corrected chi connectivity index (χ0v) is 46.9. The average Bonchev–Trinajstić information content (AvgIpc) is 3.84. The van der Waals surface area contributed by atoms with Crippen molar-refractivity contribution in [1.82, 2.24) is 5.32 Å². The highest BCUT2D eigenvalue weighted by Gasteiger charge is 2.66. The van der Waals surface area contributed by atoms with Crippen LogP contribution in [0.25, 0.3) is 0 Å². The van der Waals surface area contributed by atoms with Gasteiger partial charge in [-0.05, 0) is 217 Å². The van der Waals surface area contributed by atoms with Crippen molar-refractivity contribution in [2.24, 2.45) is 63.6 Å². The van der Waals surface area contributed by atoms with Gasteiger partial charge in [-0.25, -0.2) is 4.79 Å². The van der Waals surface area contributed by atoms with Gasteiger partial charge in [-0.3, -0.25) is 14.4 Å². The molecule has 13 heteroatoms. The maximum atomic E-state index is 13.0. The number of carbonyl (C=O) groups excluding carboxylic acids is 3. The van der Waals surface area contributed by atoms with E-state index in [1.54, 1.807) is 26.3 Å². The number of aliphatic hydroxyl groups is 2. The number of nitrogens with one attached hydrogen (secondary N) is 1. The van der Waals surface area contributed by atoms with Crippen molar-refractivity contribution in [2.75, 3.05) is 38.4 Å². The number of ether oxygens (including phenoxy) is 4. The number of likely N-dealkylation sites (N-methyl/N-ethyl adjacent to an activating group) is 1. The number of alkyl carbamates (subject to hydrolysis) is 1. The number of rotatable bonds is 17. The largest absolute Gasteiger partial charge is 0.481 e. The smallest absolute Gasteiger partial charge is 0.407 e. The van der Waals surface area contributed by atoms with E-state index in [0.717, 1.165) is 89.3 Å². The summed E-state index contributed by atoms with van der Waals surface area (Å²) in [5.74, 6) is 1.41. The fraction of sp³-hybridized carbons (Fsp3) is 0.774. The molecule has 0 aromatic heterocycles. The van der Waals surface area contributed by atoms with Gasteiger partial charge >= 0.3 is 18.0 Å². The van der Waals surface area contributed by atoms with Gasteiger partial charge in [-0.2, -0.15) is 0 Å². The van der Waals surface area contributed by atoms with Gasteiger partial charge in [0.25, 0.3) is 0 Å². The van der Waals surface area contributed by atoms with Gasteiger partial charge in [-0.15, -0.1) is 0 Å². The fourth-order valence-electron chi connectivity index (χ4n) is 17.6. The van der Waals surface area contributed by atoms with Crippen molar-refractivity contribution in [1.29, 1.82) is 0 Å². The summed E-state index contributed by atoms with van der Waals surface area (Å²) >= 11 is 0. The molecule has 0 heterocycles. The molecule has 4 N–H and O–H groups in total. The summed E-state index contributed by atoms with van der Waals surface area (Å²) in [7, 11) is 2.13. The molecule has 9 rings (SSSR count). The summed E-state index contributed by atoms with van der Waals surface area (Å²) in [6.45, 7) is 18.1. The molecule has 8 aliphatic rings. The first-order chi connectivity index (χ1) is 35.4. The van der Waals surface area contributed by atoms with Crippen molar-refractivity contribution in [3.05, 3.63) is 52.6 Å². The minimum absolute atomic E-state index is 0.0268. The van der Waals surface area contributed by atoms with E-state index in [4.69, 9.17) is 18.9 Å². The molecule has 1 aromatic carbocycles. The normalized spacial score (nSPS) is 38.4. The quantitative estimate of drug-likeness (QED) is 0.0660. The minimum atomic E-state index is -0.785. The Bertz CT molecular complexity index is 2340. The van der Waals surface area contributed by atoms with Crippen molar-refractivity contribution in [2.45, 2.75) is 206 Å². The van der Waals surface area contributed by atoms with Gasteiger partial charge in [0, 0.05) is 56.4 Å². The first-order valence-electron chi connectivity index (χ1n) is 29.2. The third-order valence-corrected chi connectivity index (χ3v) is 21.8. The number of ketones is 1. The highest BCUT2D eigenvalue weighted by Crippen LogP contribution is 2.70. The number of nitrogens with zero attached hydrogens (tertiary/aromatic N) is 1. The monoisotopic (exact) mass is 1040 g/mol. The number of hydrogen-bond acceptors (Lipinski definition) is 11. The van der Waals surface area contributed by atoms with Crippen LogP contribution in [0.3, 0.4) is 0 Å². The van der Waals surface area contributed by atoms with Crippen LogP contribution in [0.5, 0.6) is 0 Å². The van der Waals surface area contributed by atoms with Gasteiger partial charge < -0.3 is 44.5 Å². The number of benzene rings is 1. The summed E-state index contributed by atoms with van der Waals surface area (Å²) < 4.78 is 24.6. The Hall–Kier alpha value is -3.78. The zero-order valence-electron chi connectivity index (χ0n) is 46.9. The molecule has 416 valence electrons. The molecule has 13 nitrogen and oxygen atoms in total. The van der Waals surface area contributed by atoms with Gasteiger partial charge in [0.2, 0.25) is 0 Å². The number of aliphatic carboxylic acids is 1. The minimum Gasteiger partial charge on any atom is -0.481 e. The first-order valence-corrected chi connectivity index (χ1v) is 29.2. The second-order valence-corrected chi connectivity index (χ2v) is 26.9. The van der Waals surface area contributed by atoms with Crippen LogP contribution in [-0.4, -0.2) is 102 Å². The molecule has 16 atom stereocenters. The summed E-state index contributed by atoms with van der Waals surface area (Å²) in [5, 5.41) is 36.5. The number of esters is 1. The van der Waals surface area contributed by atoms with Crippen LogP contribution in [0.2, 0.25) is 0 Å². The van der Waals surface area contributed by atoms with Crippen LogP contribution in [0.15, 0.2) is 47.1 Å². The lowest BCUT2D eigenvalue weighted by molar-refractivity contribution is -0.232. The number of carboxylic acid groups (broad SMARTS) is 1. The molecule has 1 amide bonds. The van der Waals surface area contributed by atoms with E-state index in [0.29, 0.717) is 44.1 Å². The summed E-state index contributed by atoms with van der Waals surface area (Å²) in [6, 6.07) is 9.11. The Balaban J connectivity index is 0.844. The summed E-state index contributed by atoms with van der Waals surface area (Å²) in [5.41, 5.74) is 4.80. The van der Waals surface area contributed by atoms with Crippen LogP contribution in [0.4, 0.5) is 10.5 Å². The third-order valence-electron chi connectivity index (χ3n) is 21.8. The lowest BCUT2D eigenvalue weighted by Crippen LogP contribution is -2.63. The highest BCUT2D eigenvalue weighted by molar-refractivity contribution is 5.93. The number of hydrogen-bond donors (Lipinski definition) is 4. The zero-order chi connectivity index (χ0) is 53.8. The number of anilines is 1. The SMILES string of the molecule is C[C@H](CCC(=O)O)[C@H]1CC[C@H]2[C@@H]3[C@H](OCOC(=O)CCCNC(=O)OC(C)(C)C)C[C@@H]4C[C@@H](OCCN(C)c5ccc([C@H]6C[C@@]7(C)C(CC[C@]7(C)O)C7CCC8=CC(=O)CCC8=C76)cc5)CC[C@]4(C)[C@H]3C[C@H](O)[C@]12C. The Morgan fingerprint density at radius 2 is 1.65 bits per heavy atom. The lowest BCUT2D eigenvalue weighted by atomic mass is 9.43. The van der Waals surface area contributed by atoms with E-state index >= 15 is 0 Å². The van der Waals surface area contributed by atoms with Gasteiger partial charge in [-0.1, -0.05) is 45.4 Å². The number of carboxylic acids is 1. The van der Waals surface area contributed by atoms with Gasteiger partial charge in [0.15, 0.2) is 12.6 Å². The summed E-state index contributed by atoms with van der Waals surface area (Å²) in [6.07, 6.45) is 14.6. The summed E-state index contributed by atoms with van der Waals surface area (Å²) in [4.78, 5) is 51.6. The first kappa shape index (κ1) is 56.0. The maximum absolute atomic E-state index is 13.0. The van der Waals surface area contributed by atoms with Gasteiger partial charge in [0.05, 0.1) is 30.5 Å². The second-order valence-electron chi connectivity index (χ2n) is 26.9. The van der Waals surface area contributed by atoms with Crippen LogP contribution in [0, 0.1) is 63.6 Å². The predicted molar refractivity (Wildman–Crippen MR) is 288 cm³/mol. The van der Waals surface area contributed by atoms with E-state index in [9.17, 15) is 34.5 Å². The molecular formula is C62H92N2O11. The van der Waals surface area contributed by atoms with Crippen LogP contribution in [0.1, 0.15) is 182 Å². The third kappa shape index (κ3) is 11.0. The molecule has 75 heavy (non-hydrogen) atoms. The van der Waals surface area contributed by atoms with Crippen LogP contribution < -0.4 is 10.2 Å². The average molecular weight is 1040 g/mol. The Labute approximate surface area is 447 Å². The molecular weight excluding hydrogens is 949 g/mol. The van der Waals surface area contributed by atoms with Crippen LogP contribution in [-0.2, 0) is 33.3 Å². The molecule has 1 aromatic rings. The Morgan fingerprint density at radius 3 is 2.39 bits per heavy atom. The molecule has 6 fully saturated rings. The molecule has 0 spiro atoms. The van der Waals surface area contributed by atoms with Crippen molar-refractivity contribution in [3.8, 4) is 0 Å². The van der Waals surface area contributed by atoms with Crippen molar-refractivity contribution < 1.29 is 53.4 Å². The van der Waals surface area contributed by atoms with Crippen LogP contribution >= 0.6 is 0 Å². The molecule has 0 radical (unpaired) electrons. The predicted octanol–water partition coefficient (Wildman–Crippen LogP) is 11.1. The lowest BCUT2D eigenvalue weighted by Gasteiger charge is -2.64. The molecule has 2 unspecified atom stereocenters. The maximum Gasteiger partial charge on any atom is 0.407 e. The molecule has 0 saturated heterocycles. The highest BCUT2D eigenvalue weighted by atomic mass is 16.7. The number of allylic oxidation sites excluding steroid dienone is 4. The standard InChI is InChI=1S/C62H92N2O11/c1-37(12-23-53(67)68)47-21-22-49-56-50(34-52(66)62(47,49)8)59(5)26-24-43(32-40(59)33-51(56)73-36-74-54(69)11-10-28-63-57(70)75-58(2,3)4)72-30-29-64(9)41-16-13-38(14-17-41)46-35-60(6)48(25-27-61(60,7)71)45-19-15-39-31-42(65)18-20-44(39)55(45)46/h13-14,16-17,31,37,40,43,45-52,56,66,71H,10-12,15,18-30,32-36H2,1-9H3,(H,63,70)(H,67,68)/t37-,40+,43+,45?,46-,47-,48?,49+,50+,51-,52+,56+,59+,60+,61+,62-/m1/s1. The molecule has 0 bridgehead atoms. The van der Waals surface area contributed by atoms with E-state index in [2.05, 4.69) is 76.1 Å². The number of amides is 1. The molecule has 8 aliphatic carbocycles. The number of fused-ring (bicyclic) bond motifs is 9. The van der Waals surface area contributed by atoms with E-state index < -0.39 is 29.4 Å². The van der Waals surface area contributed by atoms with E-state index in [1.807, 2.05) is 6.08 Å². The van der Waals surface area contributed by atoms with E-state index in [1.165, 1.54) is 16.7 Å². The fourth-order valence-corrected chi connectivity index (χ4v) is 17.6. The number of carbonyl (C=O) groups is 4. The topological polar surface area (TPSA) is 181 Å². The van der Waals surface area contributed by atoms with Crippen molar-refractivity contribution in [3.63, 3.8) is 0 Å². The Kier molecular flexibility index (Phi) is 16.3. The second kappa shape index (κ2) is 21.8. The molecule has 0 aliphatic heterocycles. The van der Waals surface area contributed by atoms with Gasteiger partial charge in [0.1, 0.15) is 5.60 Å². The van der Waals surface area contributed by atoms with E-state index in [-0.39, 0.29) is 108 Å².